The summed E-state index contributed by atoms with van der Waals surface area (Å²) in [6, 6.07) is 111. The Morgan fingerprint density at radius 3 is 0.628 bits per heavy atom. The van der Waals surface area contributed by atoms with Crippen molar-refractivity contribution in [3.05, 3.63) is 327 Å². The smallest absolute Gasteiger partial charge is 0.284 e. The molecule has 0 saturated carbocycles. The van der Waals surface area contributed by atoms with Gasteiger partial charge in [0, 0.05) is 11.4 Å². The van der Waals surface area contributed by atoms with Crippen LogP contribution in [-0.2, 0) is 0 Å². The third-order valence-corrected chi connectivity index (χ3v) is 15.2. The molecule has 1 saturated heterocycles. The first-order valence-corrected chi connectivity index (χ1v) is 26.7. The molecule has 1 aliphatic rings. The largest absolute Gasteiger partial charge is 0.330 e. The summed E-state index contributed by atoms with van der Waals surface area (Å²) in [5.41, 5.74) is 21.1. The summed E-state index contributed by atoms with van der Waals surface area (Å²) in [7, 11) is 0. The molecule has 2 atom stereocenters. The van der Waals surface area contributed by atoms with Crippen LogP contribution in [0.1, 0.15) is 23.2 Å². The number of hydrogen-bond acceptors (Lipinski definition) is 1. The van der Waals surface area contributed by atoms with Crippen LogP contribution in [0, 0.1) is 0 Å². The molecular formula is C75H54N2O. The van der Waals surface area contributed by atoms with E-state index in [0.29, 0.717) is 0 Å². The van der Waals surface area contributed by atoms with Gasteiger partial charge in [0.05, 0.1) is 12.1 Å². The SMILES string of the molecule is O=C1N(c2cc(-c3cccc(-c4ccccc4)c3)cc(-c3cccc(-c4ccccc4)c3)c2)C(c2ccccc2)C(c2ccccc2)N1c1cc(-c2cccc(-c3ccccc3)c2)cc(-c2cccc(-c3ccccc3)c2)c1. The second-order valence-electron chi connectivity index (χ2n) is 20.1. The molecule has 1 fully saturated rings. The van der Waals surface area contributed by atoms with Crippen molar-refractivity contribution in [3.8, 4) is 89.0 Å². The molecule has 12 aromatic rings. The number of nitrogens with zero attached hydrogens (tertiary/aromatic N) is 2. The Morgan fingerprint density at radius 1 is 0.192 bits per heavy atom. The number of anilines is 2. The number of urea groups is 1. The van der Waals surface area contributed by atoms with Crippen LogP contribution in [0.3, 0.4) is 0 Å². The van der Waals surface area contributed by atoms with Crippen molar-refractivity contribution in [2.75, 3.05) is 9.80 Å². The summed E-state index contributed by atoms with van der Waals surface area (Å²) in [6.45, 7) is 0. The average molecular weight is 999 g/mol. The minimum atomic E-state index is -0.439. The summed E-state index contributed by atoms with van der Waals surface area (Å²) < 4.78 is 0. The third kappa shape index (κ3) is 9.62. The molecule has 0 spiro atoms. The van der Waals surface area contributed by atoms with Crippen LogP contribution in [-0.4, -0.2) is 6.03 Å². The molecule has 3 heteroatoms. The molecule has 0 N–H and O–H groups in total. The lowest BCUT2D eigenvalue weighted by Gasteiger charge is -2.30. The standard InChI is InChI=1S/C75H54N2O/c78-75-76(71-49-67(63-39-19-35-59(43-63)53-23-7-1-8-24-53)47-68(50-71)64-40-20-36-60(44-64)54-25-9-2-10-26-54)73(57-31-15-5-16-32-57)74(58-33-17-6-18-34-58)77(75)72-51-69(65-41-21-37-61(45-65)55-27-11-3-12-28-55)48-70(52-72)66-42-22-38-62(46-66)56-29-13-4-14-30-56/h1-52,73-74H. The van der Waals surface area contributed by atoms with Gasteiger partial charge >= 0.3 is 6.03 Å². The van der Waals surface area contributed by atoms with Gasteiger partial charge < -0.3 is 0 Å². The molecule has 370 valence electrons. The van der Waals surface area contributed by atoms with E-state index in [9.17, 15) is 0 Å². The van der Waals surface area contributed by atoms with Crippen LogP contribution in [0.15, 0.2) is 315 Å². The molecule has 0 bridgehead atoms. The fourth-order valence-corrected chi connectivity index (χ4v) is 11.3. The van der Waals surface area contributed by atoms with E-state index in [4.69, 9.17) is 0 Å². The number of rotatable bonds is 12. The molecule has 2 amide bonds. The second-order valence-corrected chi connectivity index (χ2v) is 20.1. The van der Waals surface area contributed by atoms with E-state index in [-0.39, 0.29) is 6.03 Å². The molecule has 0 aliphatic carbocycles. The van der Waals surface area contributed by atoms with E-state index in [1.807, 2.05) is 0 Å². The number of hydrogen-bond donors (Lipinski definition) is 0. The number of carbonyl (C=O) groups is 1. The number of carbonyl (C=O) groups excluding carboxylic acids is 1. The van der Waals surface area contributed by atoms with Crippen molar-refractivity contribution >= 4 is 17.4 Å². The van der Waals surface area contributed by atoms with Crippen LogP contribution in [0.5, 0.6) is 0 Å². The maximum Gasteiger partial charge on any atom is 0.330 e. The minimum absolute atomic E-state index is 0.115. The van der Waals surface area contributed by atoms with E-state index in [0.717, 1.165) is 112 Å². The monoisotopic (exact) mass is 998 g/mol. The number of benzene rings is 12. The normalized spacial score (nSPS) is 14.1. The van der Waals surface area contributed by atoms with Gasteiger partial charge in [0.25, 0.3) is 0 Å². The zero-order valence-corrected chi connectivity index (χ0v) is 43.0. The lowest BCUT2D eigenvalue weighted by molar-refractivity contribution is 0.255. The molecular weight excluding hydrogens is 945 g/mol. The van der Waals surface area contributed by atoms with Gasteiger partial charge in [-0.25, -0.2) is 4.79 Å². The molecule has 3 nitrogen and oxygen atoms in total. The van der Waals surface area contributed by atoms with E-state index in [1.54, 1.807) is 0 Å². The van der Waals surface area contributed by atoms with Crippen molar-refractivity contribution in [3.63, 3.8) is 0 Å². The quantitative estimate of drug-likeness (QED) is 0.120. The highest BCUT2D eigenvalue weighted by atomic mass is 16.2. The summed E-state index contributed by atoms with van der Waals surface area (Å²) in [5, 5.41) is 0. The lowest BCUT2D eigenvalue weighted by Crippen LogP contribution is -2.33. The topological polar surface area (TPSA) is 23.6 Å². The average Bonchev–Trinajstić information content (AvgIpc) is 3.94. The van der Waals surface area contributed by atoms with Crippen LogP contribution in [0.25, 0.3) is 89.0 Å². The van der Waals surface area contributed by atoms with Crippen LogP contribution in [0.4, 0.5) is 16.2 Å². The zero-order valence-electron chi connectivity index (χ0n) is 43.0. The summed E-state index contributed by atoms with van der Waals surface area (Å²) in [5.74, 6) is 0. The lowest BCUT2D eigenvalue weighted by atomic mass is 9.90. The zero-order chi connectivity index (χ0) is 52.2. The highest BCUT2D eigenvalue weighted by Crippen LogP contribution is 2.51. The summed E-state index contributed by atoms with van der Waals surface area (Å²) in [6.07, 6.45) is 0. The maximum atomic E-state index is 16.7. The molecule has 13 rings (SSSR count). The van der Waals surface area contributed by atoms with Crippen molar-refractivity contribution in [2.24, 2.45) is 0 Å². The van der Waals surface area contributed by atoms with Gasteiger partial charge in [-0.2, -0.15) is 0 Å². The highest BCUT2D eigenvalue weighted by molar-refractivity contribution is 6.09. The maximum absolute atomic E-state index is 16.7. The van der Waals surface area contributed by atoms with Gasteiger partial charge in [0.1, 0.15) is 0 Å². The predicted molar refractivity (Wildman–Crippen MR) is 325 cm³/mol. The first-order valence-electron chi connectivity index (χ1n) is 26.7. The van der Waals surface area contributed by atoms with Crippen molar-refractivity contribution in [2.45, 2.75) is 12.1 Å². The molecule has 2 unspecified atom stereocenters. The Hall–Kier alpha value is -10.1. The fourth-order valence-electron chi connectivity index (χ4n) is 11.3. The van der Waals surface area contributed by atoms with Gasteiger partial charge in [0.15, 0.2) is 0 Å². The van der Waals surface area contributed by atoms with E-state index in [1.165, 1.54) is 0 Å². The molecule has 1 aliphatic heterocycles. The molecule has 12 aromatic carbocycles. The van der Waals surface area contributed by atoms with Crippen LogP contribution in [0.2, 0.25) is 0 Å². The fraction of sp³-hybridized carbons (Fsp3) is 0.0267. The van der Waals surface area contributed by atoms with E-state index >= 15 is 4.79 Å². The molecule has 0 radical (unpaired) electrons. The number of amides is 2. The van der Waals surface area contributed by atoms with Crippen molar-refractivity contribution in [1.29, 1.82) is 0 Å². The van der Waals surface area contributed by atoms with Gasteiger partial charge in [-0.3, -0.25) is 9.80 Å². The Morgan fingerprint density at radius 2 is 0.385 bits per heavy atom. The van der Waals surface area contributed by atoms with Gasteiger partial charge in [-0.15, -0.1) is 0 Å². The third-order valence-electron chi connectivity index (χ3n) is 15.2. The van der Waals surface area contributed by atoms with Gasteiger partial charge in [0.2, 0.25) is 0 Å². The van der Waals surface area contributed by atoms with Crippen molar-refractivity contribution in [1.82, 2.24) is 0 Å². The highest BCUT2D eigenvalue weighted by Gasteiger charge is 2.49. The minimum Gasteiger partial charge on any atom is -0.284 e. The predicted octanol–water partition coefficient (Wildman–Crippen LogP) is 20.0. The Balaban J connectivity index is 1.03. The van der Waals surface area contributed by atoms with Gasteiger partial charge in [-0.1, -0.05) is 255 Å². The van der Waals surface area contributed by atoms with Crippen molar-refractivity contribution < 1.29 is 4.79 Å². The summed E-state index contributed by atoms with van der Waals surface area (Å²) >= 11 is 0. The molecule has 1 heterocycles. The first-order chi connectivity index (χ1) is 38.6. The Bertz CT molecular complexity index is 3580. The van der Waals surface area contributed by atoms with E-state index in [2.05, 4.69) is 325 Å². The van der Waals surface area contributed by atoms with Gasteiger partial charge in [-0.05, 0) is 161 Å². The Kier molecular flexibility index (Phi) is 13.0. The summed E-state index contributed by atoms with van der Waals surface area (Å²) in [4.78, 5) is 20.8. The first kappa shape index (κ1) is 47.6. The molecule has 0 aromatic heterocycles. The van der Waals surface area contributed by atoms with E-state index < -0.39 is 12.1 Å². The Labute approximate surface area is 457 Å². The molecule has 78 heavy (non-hydrogen) atoms. The second kappa shape index (κ2) is 21.3. The van der Waals surface area contributed by atoms with Crippen LogP contribution < -0.4 is 9.80 Å². The van der Waals surface area contributed by atoms with Crippen LogP contribution >= 0.6 is 0 Å².